The van der Waals surface area contributed by atoms with Gasteiger partial charge in [-0.15, -0.1) is 0 Å². The minimum atomic E-state index is -1.02. The second-order valence-electron chi connectivity index (χ2n) is 9.13. The van der Waals surface area contributed by atoms with Crippen molar-refractivity contribution in [3.05, 3.63) is 95.6 Å². The summed E-state index contributed by atoms with van der Waals surface area (Å²) in [6.45, 7) is 4.29. The lowest BCUT2D eigenvalue weighted by Gasteiger charge is -2.40. The van der Waals surface area contributed by atoms with Gasteiger partial charge in [0.1, 0.15) is 18.7 Å². The van der Waals surface area contributed by atoms with Crippen molar-refractivity contribution in [3.63, 3.8) is 0 Å². The van der Waals surface area contributed by atoms with E-state index in [2.05, 4.69) is 54.3 Å². The van der Waals surface area contributed by atoms with Crippen LogP contribution in [-0.4, -0.2) is 29.2 Å². The van der Waals surface area contributed by atoms with Crippen LogP contribution in [0.15, 0.2) is 78.9 Å². The normalized spacial score (nSPS) is 17.8. The first kappa shape index (κ1) is 20.1. The average molecular weight is 409 g/mol. The minimum Gasteiger partial charge on any atom is -0.379 e. The zero-order chi connectivity index (χ0) is 21.2. The van der Waals surface area contributed by atoms with Crippen LogP contribution in [0.25, 0.3) is 11.1 Å². The number of benzene rings is 3. The lowest BCUT2D eigenvalue weighted by molar-refractivity contribution is -0.938. The molecule has 0 amide bonds. The molecule has 1 heterocycles. The molecule has 156 valence electrons. The van der Waals surface area contributed by atoms with Gasteiger partial charge in [-0.3, -0.25) is 0 Å². The third-order valence-corrected chi connectivity index (χ3v) is 7.04. The molecule has 1 fully saturated rings. The first-order valence-corrected chi connectivity index (χ1v) is 11.5. The average Bonchev–Trinajstić information content (AvgIpc) is 3.08. The van der Waals surface area contributed by atoms with Crippen LogP contribution in [0.4, 0.5) is 0 Å². The Labute approximate surface area is 185 Å². The van der Waals surface area contributed by atoms with Crippen molar-refractivity contribution < 1.29 is 9.59 Å². The van der Waals surface area contributed by atoms with Gasteiger partial charge in [-0.25, -0.2) is 0 Å². The fourth-order valence-electron chi connectivity index (χ4n) is 5.43. The Morgan fingerprint density at radius 3 is 1.94 bits per heavy atom. The summed E-state index contributed by atoms with van der Waals surface area (Å²) in [4.78, 5) is 0. The van der Waals surface area contributed by atoms with Gasteiger partial charge in [0.05, 0.1) is 13.1 Å². The van der Waals surface area contributed by atoms with Crippen LogP contribution in [-0.2, 0) is 12.1 Å². The molecular weight excluding hydrogens is 378 g/mol. The second-order valence-corrected chi connectivity index (χ2v) is 9.13. The molecule has 2 nitrogen and oxygen atoms in total. The molecule has 2 heteroatoms. The maximum Gasteiger partial charge on any atom is 0.141 e. The zero-order valence-electron chi connectivity index (χ0n) is 18.1. The van der Waals surface area contributed by atoms with Gasteiger partial charge in [-0.05, 0) is 47.4 Å². The molecule has 0 aromatic heterocycles. The fourth-order valence-corrected chi connectivity index (χ4v) is 5.43. The Morgan fingerprint density at radius 2 is 1.29 bits per heavy atom. The first-order chi connectivity index (χ1) is 15.2. The van der Waals surface area contributed by atoms with Gasteiger partial charge in [0.25, 0.3) is 0 Å². The van der Waals surface area contributed by atoms with Crippen LogP contribution in [0.2, 0.25) is 0 Å². The molecule has 0 bridgehead atoms. The Hall–Kier alpha value is -2.86. The van der Waals surface area contributed by atoms with Crippen molar-refractivity contribution in [3.8, 4) is 23.0 Å². The molecule has 3 aromatic carbocycles. The van der Waals surface area contributed by atoms with E-state index in [1.54, 1.807) is 0 Å². The molecule has 0 radical (unpaired) electrons. The van der Waals surface area contributed by atoms with E-state index >= 15 is 0 Å². The highest BCUT2D eigenvalue weighted by molar-refractivity contribution is 5.80. The Morgan fingerprint density at radius 1 is 0.710 bits per heavy atom. The van der Waals surface area contributed by atoms with E-state index in [4.69, 9.17) is 0 Å². The predicted molar refractivity (Wildman–Crippen MR) is 126 cm³/mol. The summed E-state index contributed by atoms with van der Waals surface area (Å²) >= 11 is 0. The maximum absolute atomic E-state index is 11.7. The van der Waals surface area contributed by atoms with E-state index in [1.165, 1.54) is 37.9 Å². The van der Waals surface area contributed by atoms with Gasteiger partial charge in [0.2, 0.25) is 0 Å². The van der Waals surface area contributed by atoms with Crippen LogP contribution >= 0.6 is 0 Å². The second kappa shape index (κ2) is 8.35. The monoisotopic (exact) mass is 408 g/mol. The highest BCUT2D eigenvalue weighted by Gasteiger charge is 2.40. The van der Waals surface area contributed by atoms with Gasteiger partial charge < -0.3 is 9.59 Å². The van der Waals surface area contributed by atoms with Crippen LogP contribution < -0.4 is 0 Å². The quantitative estimate of drug-likeness (QED) is 0.447. The molecule has 31 heavy (non-hydrogen) atoms. The highest BCUT2D eigenvalue weighted by Crippen LogP contribution is 2.48. The number of rotatable bonds is 4. The Balaban J connectivity index is 1.38. The summed E-state index contributed by atoms with van der Waals surface area (Å²) in [5, 5.41) is 11.7. The molecule has 0 spiro atoms. The number of nitrogens with zero attached hydrogens (tertiary/aromatic N) is 1. The van der Waals surface area contributed by atoms with E-state index in [-0.39, 0.29) is 0 Å². The topological polar surface area (TPSA) is 20.2 Å². The highest BCUT2D eigenvalue weighted by atomic mass is 16.3. The van der Waals surface area contributed by atoms with E-state index in [1.807, 2.05) is 36.4 Å². The van der Waals surface area contributed by atoms with Crippen LogP contribution in [0.1, 0.15) is 42.4 Å². The standard InChI is InChI=1S/C29H30NO/c31-29(27-17-7-5-15-25(27)26-16-6-8-18-28(26)29)19-9-12-22-30(20-10-2-11-21-30)23-24-13-3-1-4-14-24/h1,3-8,13-18,31H,2,10-11,19-23H2/q+1. The smallest absolute Gasteiger partial charge is 0.141 e. The molecule has 3 aromatic rings. The molecule has 1 aliphatic carbocycles. The Kier molecular flexibility index (Phi) is 5.40. The van der Waals surface area contributed by atoms with E-state index < -0.39 is 5.60 Å². The van der Waals surface area contributed by atoms with Gasteiger partial charge in [-0.2, -0.15) is 0 Å². The lowest BCUT2D eigenvalue weighted by atomic mass is 9.88. The van der Waals surface area contributed by atoms with E-state index in [0.717, 1.165) is 39.8 Å². The van der Waals surface area contributed by atoms with Crippen LogP contribution in [0.3, 0.4) is 0 Å². The molecule has 0 atom stereocenters. The number of fused-ring (bicyclic) bond motifs is 3. The third kappa shape index (κ3) is 3.81. The minimum absolute atomic E-state index is 0.437. The van der Waals surface area contributed by atoms with Crippen molar-refractivity contribution in [2.45, 2.75) is 37.8 Å². The van der Waals surface area contributed by atoms with Gasteiger partial charge in [0.15, 0.2) is 0 Å². The maximum atomic E-state index is 11.7. The number of hydrogen-bond donors (Lipinski definition) is 1. The summed E-state index contributed by atoms with van der Waals surface area (Å²) in [5.74, 6) is 6.88. The Bertz CT molecular complexity index is 1070. The van der Waals surface area contributed by atoms with Crippen molar-refractivity contribution in [1.82, 2.24) is 0 Å². The number of aliphatic hydroxyl groups is 1. The van der Waals surface area contributed by atoms with E-state index in [9.17, 15) is 5.11 Å². The predicted octanol–water partition coefficient (Wildman–Crippen LogP) is 5.50. The number of likely N-dealkylation sites (tertiary alicyclic amines) is 1. The van der Waals surface area contributed by atoms with Gasteiger partial charge in [-0.1, -0.05) is 84.8 Å². The number of piperidine rings is 1. The molecule has 2 aliphatic rings. The van der Waals surface area contributed by atoms with Crippen molar-refractivity contribution in [1.29, 1.82) is 0 Å². The molecule has 0 unspecified atom stereocenters. The third-order valence-electron chi connectivity index (χ3n) is 7.04. The molecule has 5 rings (SSSR count). The van der Waals surface area contributed by atoms with Crippen LogP contribution in [0.5, 0.6) is 0 Å². The summed E-state index contributed by atoms with van der Waals surface area (Å²) in [7, 11) is 0. The number of hydrogen-bond acceptors (Lipinski definition) is 1. The first-order valence-electron chi connectivity index (χ1n) is 11.5. The van der Waals surface area contributed by atoms with Crippen LogP contribution in [0, 0.1) is 11.8 Å². The fraction of sp³-hybridized carbons (Fsp3) is 0.310. The van der Waals surface area contributed by atoms with Gasteiger partial charge in [0, 0.05) is 12.0 Å². The largest absolute Gasteiger partial charge is 0.379 e. The zero-order valence-corrected chi connectivity index (χ0v) is 18.1. The van der Waals surface area contributed by atoms with Crippen molar-refractivity contribution >= 4 is 0 Å². The molecule has 0 saturated carbocycles. The summed E-state index contributed by atoms with van der Waals surface area (Å²) in [6, 6.07) is 27.2. The summed E-state index contributed by atoms with van der Waals surface area (Å²) < 4.78 is 1.04. The molecule has 1 aliphatic heterocycles. The molecule has 1 N–H and O–H groups in total. The lowest BCUT2D eigenvalue weighted by Crippen LogP contribution is -2.50. The number of quaternary nitrogens is 1. The molecular formula is C29H30NO+. The van der Waals surface area contributed by atoms with Crippen molar-refractivity contribution in [2.24, 2.45) is 0 Å². The molecule has 1 saturated heterocycles. The van der Waals surface area contributed by atoms with Gasteiger partial charge >= 0.3 is 0 Å². The van der Waals surface area contributed by atoms with E-state index in [0.29, 0.717) is 6.42 Å². The summed E-state index contributed by atoms with van der Waals surface area (Å²) in [5.41, 5.74) is 4.60. The summed E-state index contributed by atoms with van der Waals surface area (Å²) in [6.07, 6.45) is 4.32. The van der Waals surface area contributed by atoms with Crippen molar-refractivity contribution in [2.75, 3.05) is 19.6 Å². The SMILES string of the molecule is OC1(CC#CC[N+]2(Cc3ccccc3)CCCCC2)c2ccccc2-c2ccccc21.